The Bertz CT molecular complexity index is 944. The molecule has 0 saturated heterocycles. The predicted molar refractivity (Wildman–Crippen MR) is 87.3 cm³/mol. The van der Waals surface area contributed by atoms with Crippen LogP contribution in [0.2, 0.25) is 5.02 Å². The molecule has 1 aromatic carbocycles. The van der Waals surface area contributed by atoms with Crippen molar-refractivity contribution in [2.45, 2.75) is 0 Å². The fraction of sp³-hybridized carbons (Fsp3) is 0. The van der Waals surface area contributed by atoms with Crippen molar-refractivity contribution in [3.63, 3.8) is 0 Å². The predicted octanol–water partition coefficient (Wildman–Crippen LogP) is 3.72. The number of nitrogens with one attached hydrogen (secondary N) is 1. The number of nitro groups is 1. The number of fused-ring (bicyclic) bond motifs is 1. The molecule has 3 aromatic rings. The van der Waals surface area contributed by atoms with Gasteiger partial charge in [-0.25, -0.2) is 4.98 Å². The minimum absolute atomic E-state index is 0.106. The monoisotopic (exact) mass is 333 g/mol. The Labute approximate surface area is 132 Å². The molecule has 0 fully saturated rings. The smallest absolute Gasteiger partial charge is 0.306 e. The van der Waals surface area contributed by atoms with Crippen molar-refractivity contribution in [2.75, 3.05) is 0 Å². The van der Waals surface area contributed by atoms with Crippen molar-refractivity contribution >= 4 is 51.0 Å². The molecule has 6 nitrogen and oxygen atoms in total. The van der Waals surface area contributed by atoms with E-state index in [2.05, 4.69) is 9.97 Å². The molecule has 8 heteroatoms. The molecule has 0 spiro atoms. The molecule has 0 bridgehead atoms. The van der Waals surface area contributed by atoms with Gasteiger partial charge >= 0.3 is 5.69 Å². The SMILES string of the molecule is O=c1[nH]c(/C=C/c2ccc(Cl)cc2)nc2c([N+](=O)[O-])csc12. The molecule has 3 rings (SSSR count). The van der Waals surface area contributed by atoms with E-state index in [4.69, 9.17) is 11.6 Å². The number of nitrogens with zero attached hydrogens (tertiary/aromatic N) is 2. The first-order chi connectivity index (χ1) is 10.5. The third kappa shape index (κ3) is 2.76. The van der Waals surface area contributed by atoms with Crippen LogP contribution >= 0.6 is 22.9 Å². The number of halogens is 1. The fourth-order valence-electron chi connectivity index (χ4n) is 1.89. The summed E-state index contributed by atoms with van der Waals surface area (Å²) in [6, 6.07) is 7.10. The average molecular weight is 334 g/mol. The normalized spacial score (nSPS) is 11.3. The van der Waals surface area contributed by atoms with Gasteiger partial charge in [0.05, 0.1) is 10.3 Å². The highest BCUT2D eigenvalue weighted by Gasteiger charge is 2.18. The van der Waals surface area contributed by atoms with Crippen LogP contribution in [0.1, 0.15) is 11.4 Å². The number of hydrogen-bond acceptors (Lipinski definition) is 5. The lowest BCUT2D eigenvalue weighted by molar-refractivity contribution is -0.382. The summed E-state index contributed by atoms with van der Waals surface area (Å²) >= 11 is 6.81. The summed E-state index contributed by atoms with van der Waals surface area (Å²) in [5, 5.41) is 12.9. The third-order valence-electron chi connectivity index (χ3n) is 2.93. The number of benzene rings is 1. The minimum Gasteiger partial charge on any atom is -0.306 e. The lowest BCUT2D eigenvalue weighted by Gasteiger charge is -1.96. The highest BCUT2D eigenvalue weighted by atomic mass is 35.5. The first-order valence-corrected chi connectivity index (χ1v) is 7.40. The molecule has 110 valence electrons. The maximum Gasteiger partial charge on any atom is 0.306 e. The van der Waals surface area contributed by atoms with Gasteiger partial charge in [0, 0.05) is 5.02 Å². The van der Waals surface area contributed by atoms with E-state index < -0.39 is 4.92 Å². The summed E-state index contributed by atoms with van der Waals surface area (Å²) in [5.41, 5.74) is 0.424. The van der Waals surface area contributed by atoms with Crippen molar-refractivity contribution in [3.05, 3.63) is 66.5 Å². The summed E-state index contributed by atoms with van der Waals surface area (Å²) in [5.74, 6) is 0.258. The quantitative estimate of drug-likeness (QED) is 0.584. The van der Waals surface area contributed by atoms with E-state index in [1.54, 1.807) is 24.3 Å². The molecular weight excluding hydrogens is 326 g/mol. The first-order valence-electron chi connectivity index (χ1n) is 6.14. The van der Waals surface area contributed by atoms with E-state index in [9.17, 15) is 14.9 Å². The van der Waals surface area contributed by atoms with E-state index in [-0.39, 0.29) is 27.3 Å². The number of aromatic nitrogens is 2. The van der Waals surface area contributed by atoms with Gasteiger partial charge in [-0.15, -0.1) is 11.3 Å². The van der Waals surface area contributed by atoms with Crippen LogP contribution in [0.15, 0.2) is 34.4 Å². The second-order valence-corrected chi connectivity index (χ2v) is 5.71. The van der Waals surface area contributed by atoms with Crippen molar-refractivity contribution in [3.8, 4) is 0 Å². The lowest BCUT2D eigenvalue weighted by Crippen LogP contribution is -2.08. The summed E-state index contributed by atoms with van der Waals surface area (Å²) in [4.78, 5) is 29.1. The second-order valence-electron chi connectivity index (χ2n) is 4.39. The number of H-pyrrole nitrogens is 1. The maximum absolute atomic E-state index is 11.9. The second kappa shape index (κ2) is 5.70. The zero-order valence-corrected chi connectivity index (χ0v) is 12.5. The lowest BCUT2D eigenvalue weighted by atomic mass is 10.2. The van der Waals surface area contributed by atoms with Crippen molar-refractivity contribution < 1.29 is 4.92 Å². The molecule has 22 heavy (non-hydrogen) atoms. The molecular formula is C14H8ClN3O3S. The molecule has 0 aliphatic heterocycles. The van der Waals surface area contributed by atoms with Crippen LogP contribution in [0.5, 0.6) is 0 Å². The molecule has 0 saturated carbocycles. The Morgan fingerprint density at radius 3 is 2.68 bits per heavy atom. The molecule has 0 unspecified atom stereocenters. The fourth-order valence-corrected chi connectivity index (χ4v) is 2.86. The molecule has 0 aliphatic rings. The number of aromatic amines is 1. The van der Waals surface area contributed by atoms with E-state index in [1.807, 2.05) is 12.1 Å². The van der Waals surface area contributed by atoms with Crippen LogP contribution in [0, 0.1) is 10.1 Å². The van der Waals surface area contributed by atoms with E-state index in [0.29, 0.717) is 5.02 Å². The summed E-state index contributed by atoms with van der Waals surface area (Å²) in [6.45, 7) is 0. The summed E-state index contributed by atoms with van der Waals surface area (Å²) < 4.78 is 0.246. The average Bonchev–Trinajstić information content (AvgIpc) is 2.91. The Balaban J connectivity index is 2.04. The van der Waals surface area contributed by atoms with Crippen LogP contribution in [0.4, 0.5) is 5.69 Å². The van der Waals surface area contributed by atoms with Gasteiger partial charge in [0.25, 0.3) is 5.56 Å². The zero-order valence-electron chi connectivity index (χ0n) is 10.9. The molecule has 2 aromatic heterocycles. The number of hydrogen-bond donors (Lipinski definition) is 1. The summed E-state index contributed by atoms with van der Waals surface area (Å²) in [7, 11) is 0. The van der Waals surface area contributed by atoms with Gasteiger partial charge in [-0.05, 0) is 23.8 Å². The van der Waals surface area contributed by atoms with E-state index >= 15 is 0 Å². The summed E-state index contributed by atoms with van der Waals surface area (Å²) in [6.07, 6.45) is 3.32. The van der Waals surface area contributed by atoms with Gasteiger partial charge in [-0.2, -0.15) is 0 Å². The maximum atomic E-state index is 11.9. The Morgan fingerprint density at radius 2 is 2.00 bits per heavy atom. The van der Waals surface area contributed by atoms with Crippen LogP contribution in [-0.2, 0) is 0 Å². The number of rotatable bonds is 3. The highest BCUT2D eigenvalue weighted by molar-refractivity contribution is 7.17. The third-order valence-corrected chi connectivity index (χ3v) is 4.13. The highest BCUT2D eigenvalue weighted by Crippen LogP contribution is 2.27. The van der Waals surface area contributed by atoms with Gasteiger partial charge in [0.1, 0.15) is 10.5 Å². The zero-order chi connectivity index (χ0) is 15.7. The molecule has 0 amide bonds. The van der Waals surface area contributed by atoms with Gasteiger partial charge in [0.15, 0.2) is 5.52 Å². The molecule has 2 heterocycles. The Hall–Kier alpha value is -2.51. The van der Waals surface area contributed by atoms with Gasteiger partial charge in [0.2, 0.25) is 0 Å². The van der Waals surface area contributed by atoms with Crippen LogP contribution in [-0.4, -0.2) is 14.9 Å². The van der Waals surface area contributed by atoms with Crippen molar-refractivity contribution in [1.82, 2.24) is 9.97 Å². The molecule has 0 radical (unpaired) electrons. The van der Waals surface area contributed by atoms with Crippen molar-refractivity contribution in [2.24, 2.45) is 0 Å². The van der Waals surface area contributed by atoms with Crippen molar-refractivity contribution in [1.29, 1.82) is 0 Å². The van der Waals surface area contributed by atoms with Gasteiger partial charge in [-0.3, -0.25) is 14.9 Å². The van der Waals surface area contributed by atoms with Crippen LogP contribution < -0.4 is 5.56 Å². The minimum atomic E-state index is -0.544. The van der Waals surface area contributed by atoms with Crippen LogP contribution in [0.25, 0.3) is 22.4 Å². The largest absolute Gasteiger partial charge is 0.306 e. The Kier molecular flexibility index (Phi) is 3.74. The Morgan fingerprint density at radius 1 is 1.27 bits per heavy atom. The first kappa shape index (κ1) is 14.4. The molecule has 1 N–H and O–H groups in total. The van der Waals surface area contributed by atoms with Gasteiger partial charge < -0.3 is 4.98 Å². The van der Waals surface area contributed by atoms with E-state index in [0.717, 1.165) is 16.9 Å². The molecule has 0 atom stereocenters. The standard InChI is InChI=1S/C14H8ClN3O3S/c15-9-4-1-8(2-5-9)3-6-11-16-12-10(18(20)21)7-22-13(12)14(19)17-11/h1-7H,(H,16,17,19)/b6-3+. The molecule has 0 aliphatic carbocycles. The number of thiophene rings is 1. The van der Waals surface area contributed by atoms with E-state index in [1.165, 1.54) is 5.38 Å². The topological polar surface area (TPSA) is 88.9 Å². The van der Waals surface area contributed by atoms with Gasteiger partial charge in [-0.1, -0.05) is 29.8 Å². The van der Waals surface area contributed by atoms with Crippen LogP contribution in [0.3, 0.4) is 0 Å².